The zero-order valence-corrected chi connectivity index (χ0v) is 12.4. The standard InChI is InChI=1S/C13H15BrFN3O/c1-3-13(16,4-2)12-17-11(19-18-12)8-5-6-10(15)9(14)7-8/h5-7H,3-4,16H2,1-2H3. The van der Waals surface area contributed by atoms with Crippen molar-refractivity contribution in [3.63, 3.8) is 0 Å². The number of hydrogen-bond donors (Lipinski definition) is 1. The molecule has 102 valence electrons. The molecule has 0 radical (unpaired) electrons. The summed E-state index contributed by atoms with van der Waals surface area (Å²) in [6.45, 7) is 3.96. The van der Waals surface area contributed by atoms with Gasteiger partial charge in [0.05, 0.1) is 10.0 Å². The highest BCUT2D eigenvalue weighted by Gasteiger charge is 2.29. The lowest BCUT2D eigenvalue weighted by Crippen LogP contribution is -2.36. The Morgan fingerprint density at radius 2 is 2.05 bits per heavy atom. The van der Waals surface area contributed by atoms with Crippen molar-refractivity contribution in [2.24, 2.45) is 5.73 Å². The molecular weight excluding hydrogens is 313 g/mol. The van der Waals surface area contributed by atoms with Crippen LogP contribution in [0, 0.1) is 5.82 Å². The van der Waals surface area contributed by atoms with Gasteiger partial charge in [-0.15, -0.1) is 0 Å². The first kappa shape index (κ1) is 14.1. The van der Waals surface area contributed by atoms with Crippen molar-refractivity contribution in [3.8, 4) is 11.5 Å². The van der Waals surface area contributed by atoms with Crippen LogP contribution in [0.5, 0.6) is 0 Å². The molecular formula is C13H15BrFN3O. The molecule has 1 aromatic heterocycles. The highest BCUT2D eigenvalue weighted by Crippen LogP contribution is 2.28. The number of nitrogens with two attached hydrogens (primary N) is 1. The summed E-state index contributed by atoms with van der Waals surface area (Å²) in [5.41, 5.74) is 6.28. The summed E-state index contributed by atoms with van der Waals surface area (Å²) < 4.78 is 18.8. The second-order valence-corrected chi connectivity index (χ2v) is 5.27. The van der Waals surface area contributed by atoms with Crippen LogP contribution in [0.4, 0.5) is 4.39 Å². The van der Waals surface area contributed by atoms with Gasteiger partial charge in [-0.3, -0.25) is 0 Å². The van der Waals surface area contributed by atoms with Crippen molar-refractivity contribution >= 4 is 15.9 Å². The number of rotatable bonds is 4. The third kappa shape index (κ3) is 2.69. The molecule has 19 heavy (non-hydrogen) atoms. The SMILES string of the molecule is CCC(N)(CC)c1noc(-c2ccc(F)c(Br)c2)n1. The monoisotopic (exact) mass is 327 g/mol. The summed E-state index contributed by atoms with van der Waals surface area (Å²) in [5.74, 6) is 0.485. The molecule has 2 aromatic rings. The zero-order valence-electron chi connectivity index (χ0n) is 10.8. The minimum Gasteiger partial charge on any atom is -0.334 e. The van der Waals surface area contributed by atoms with Gasteiger partial charge in [-0.2, -0.15) is 4.98 Å². The Morgan fingerprint density at radius 3 is 2.63 bits per heavy atom. The number of halogens is 2. The van der Waals surface area contributed by atoms with E-state index >= 15 is 0 Å². The summed E-state index contributed by atoms with van der Waals surface area (Å²) in [4.78, 5) is 4.32. The molecule has 0 fully saturated rings. The van der Waals surface area contributed by atoms with E-state index in [2.05, 4.69) is 26.1 Å². The van der Waals surface area contributed by atoms with Crippen LogP contribution in [0.2, 0.25) is 0 Å². The first-order chi connectivity index (χ1) is 9.00. The van der Waals surface area contributed by atoms with Crippen LogP contribution in [-0.2, 0) is 5.54 Å². The Labute approximate surface area is 119 Å². The second kappa shape index (κ2) is 5.38. The zero-order chi connectivity index (χ0) is 14.0. The minimum atomic E-state index is -0.584. The maximum absolute atomic E-state index is 13.2. The third-order valence-electron chi connectivity index (χ3n) is 3.30. The van der Waals surface area contributed by atoms with Crippen molar-refractivity contribution in [1.82, 2.24) is 10.1 Å². The predicted molar refractivity (Wildman–Crippen MR) is 73.8 cm³/mol. The average molecular weight is 328 g/mol. The van der Waals surface area contributed by atoms with Crippen LogP contribution in [0.15, 0.2) is 27.2 Å². The van der Waals surface area contributed by atoms with Crippen LogP contribution in [0.1, 0.15) is 32.5 Å². The quantitative estimate of drug-likeness (QED) is 0.931. The van der Waals surface area contributed by atoms with E-state index in [1.165, 1.54) is 6.07 Å². The molecule has 0 amide bonds. The highest BCUT2D eigenvalue weighted by atomic mass is 79.9. The number of aromatic nitrogens is 2. The minimum absolute atomic E-state index is 0.334. The maximum Gasteiger partial charge on any atom is 0.258 e. The molecule has 0 atom stereocenters. The Bertz CT molecular complexity index is 581. The largest absolute Gasteiger partial charge is 0.334 e. The molecule has 0 unspecified atom stereocenters. The van der Waals surface area contributed by atoms with Gasteiger partial charge >= 0.3 is 0 Å². The fourth-order valence-electron chi connectivity index (χ4n) is 1.74. The number of nitrogens with zero attached hydrogens (tertiary/aromatic N) is 2. The fourth-order valence-corrected chi connectivity index (χ4v) is 2.12. The Kier molecular flexibility index (Phi) is 4.01. The van der Waals surface area contributed by atoms with Gasteiger partial charge in [-0.25, -0.2) is 4.39 Å². The molecule has 6 heteroatoms. The summed E-state index contributed by atoms with van der Waals surface area (Å²) in [5, 5.41) is 3.94. The van der Waals surface area contributed by atoms with Gasteiger partial charge < -0.3 is 10.3 Å². The molecule has 1 aromatic carbocycles. The molecule has 2 rings (SSSR count). The maximum atomic E-state index is 13.2. The van der Waals surface area contributed by atoms with Crippen molar-refractivity contribution in [3.05, 3.63) is 34.3 Å². The smallest absolute Gasteiger partial charge is 0.258 e. The summed E-state index contributed by atoms with van der Waals surface area (Å²) >= 11 is 3.13. The van der Waals surface area contributed by atoms with Gasteiger partial charge in [0.2, 0.25) is 0 Å². The Hall–Kier alpha value is -1.27. The van der Waals surface area contributed by atoms with E-state index in [4.69, 9.17) is 10.3 Å². The topological polar surface area (TPSA) is 64.9 Å². The average Bonchev–Trinajstić information content (AvgIpc) is 2.91. The van der Waals surface area contributed by atoms with Crippen molar-refractivity contribution < 1.29 is 8.91 Å². The van der Waals surface area contributed by atoms with Gasteiger partial charge in [0, 0.05) is 5.56 Å². The van der Waals surface area contributed by atoms with E-state index in [9.17, 15) is 4.39 Å². The number of benzene rings is 1. The summed E-state index contributed by atoms with van der Waals surface area (Å²) in [6.07, 6.45) is 1.44. The first-order valence-corrected chi connectivity index (χ1v) is 6.88. The Balaban J connectivity index is 2.38. The molecule has 1 heterocycles. The van der Waals surface area contributed by atoms with Crippen LogP contribution in [0.3, 0.4) is 0 Å². The first-order valence-electron chi connectivity index (χ1n) is 6.08. The normalized spacial score (nSPS) is 11.8. The second-order valence-electron chi connectivity index (χ2n) is 4.42. The van der Waals surface area contributed by atoms with E-state index < -0.39 is 5.54 Å². The van der Waals surface area contributed by atoms with Crippen molar-refractivity contribution in [2.45, 2.75) is 32.2 Å². The lowest BCUT2D eigenvalue weighted by Gasteiger charge is -2.21. The van der Waals surface area contributed by atoms with Crippen LogP contribution >= 0.6 is 15.9 Å². The van der Waals surface area contributed by atoms with Gasteiger partial charge in [0.15, 0.2) is 5.82 Å². The molecule has 4 nitrogen and oxygen atoms in total. The molecule has 0 bridgehead atoms. The molecule has 0 aliphatic carbocycles. The van der Waals surface area contributed by atoms with E-state index in [1.54, 1.807) is 12.1 Å². The third-order valence-corrected chi connectivity index (χ3v) is 3.91. The highest BCUT2D eigenvalue weighted by molar-refractivity contribution is 9.10. The molecule has 0 aliphatic rings. The summed E-state index contributed by atoms with van der Waals surface area (Å²) in [6, 6.07) is 4.54. The van der Waals surface area contributed by atoms with E-state index in [0.717, 1.165) is 12.8 Å². The summed E-state index contributed by atoms with van der Waals surface area (Å²) in [7, 11) is 0. The van der Waals surface area contributed by atoms with E-state index in [1.807, 2.05) is 13.8 Å². The predicted octanol–water partition coefficient (Wildman–Crippen LogP) is 3.61. The van der Waals surface area contributed by atoms with E-state index in [0.29, 0.717) is 21.8 Å². The van der Waals surface area contributed by atoms with Crippen LogP contribution < -0.4 is 5.73 Å². The Morgan fingerprint density at radius 1 is 1.37 bits per heavy atom. The van der Waals surface area contributed by atoms with Crippen molar-refractivity contribution in [2.75, 3.05) is 0 Å². The van der Waals surface area contributed by atoms with Crippen molar-refractivity contribution in [1.29, 1.82) is 0 Å². The molecule has 0 spiro atoms. The number of hydrogen-bond acceptors (Lipinski definition) is 4. The molecule has 0 saturated carbocycles. The molecule has 2 N–H and O–H groups in total. The van der Waals surface area contributed by atoms with Gasteiger partial charge in [0.25, 0.3) is 5.89 Å². The lowest BCUT2D eigenvalue weighted by molar-refractivity contribution is 0.350. The molecule has 0 saturated heterocycles. The van der Waals surface area contributed by atoms with Gasteiger partial charge in [0.1, 0.15) is 5.82 Å². The molecule has 0 aliphatic heterocycles. The van der Waals surface area contributed by atoms with Gasteiger partial charge in [-0.1, -0.05) is 19.0 Å². The lowest BCUT2D eigenvalue weighted by atomic mass is 9.93. The fraction of sp³-hybridized carbons (Fsp3) is 0.385. The van der Waals surface area contributed by atoms with Crippen LogP contribution in [0.25, 0.3) is 11.5 Å². The van der Waals surface area contributed by atoms with Gasteiger partial charge in [-0.05, 0) is 47.0 Å². The van der Waals surface area contributed by atoms with E-state index in [-0.39, 0.29) is 5.82 Å². The van der Waals surface area contributed by atoms with Crippen LogP contribution in [-0.4, -0.2) is 10.1 Å².